The lowest BCUT2D eigenvalue weighted by atomic mass is 10.1. The van der Waals surface area contributed by atoms with Crippen molar-refractivity contribution < 1.29 is 9.47 Å². The zero-order valence-electron chi connectivity index (χ0n) is 18.8. The Hall–Kier alpha value is -3.09. The second-order valence-corrected chi connectivity index (χ2v) is 8.27. The molecule has 0 saturated heterocycles. The molecule has 7 heteroatoms. The van der Waals surface area contributed by atoms with Crippen LogP contribution in [0.25, 0.3) is 0 Å². The SMILES string of the molecule is CCc1cc(C)cc(OCCOc2ccc(Cl)cc2/C=N/NC(=S)NCc2ccccc2)c1. The Morgan fingerprint density at radius 1 is 1.00 bits per heavy atom. The number of benzene rings is 3. The summed E-state index contributed by atoms with van der Waals surface area (Å²) in [6.45, 7) is 5.64. The maximum absolute atomic E-state index is 6.16. The summed E-state index contributed by atoms with van der Waals surface area (Å²) in [6.07, 6.45) is 2.61. The van der Waals surface area contributed by atoms with Crippen molar-refractivity contribution in [2.75, 3.05) is 13.2 Å². The van der Waals surface area contributed by atoms with Crippen LogP contribution in [0.5, 0.6) is 11.5 Å². The van der Waals surface area contributed by atoms with E-state index in [4.69, 9.17) is 33.3 Å². The maximum Gasteiger partial charge on any atom is 0.187 e. The number of hydrogen-bond acceptors (Lipinski definition) is 4. The number of hydrogen-bond donors (Lipinski definition) is 2. The van der Waals surface area contributed by atoms with Crippen LogP contribution in [0, 0.1) is 6.92 Å². The summed E-state index contributed by atoms with van der Waals surface area (Å²) in [5, 5.41) is 8.35. The van der Waals surface area contributed by atoms with Gasteiger partial charge in [0.05, 0.1) is 6.21 Å². The van der Waals surface area contributed by atoms with Crippen LogP contribution < -0.4 is 20.2 Å². The lowest BCUT2D eigenvalue weighted by Gasteiger charge is -2.12. The van der Waals surface area contributed by atoms with Gasteiger partial charge in [-0.3, -0.25) is 5.43 Å². The number of nitrogens with zero attached hydrogens (tertiary/aromatic N) is 1. The van der Waals surface area contributed by atoms with E-state index in [9.17, 15) is 0 Å². The predicted octanol–water partition coefficient (Wildman–Crippen LogP) is 5.67. The molecule has 3 rings (SSSR count). The van der Waals surface area contributed by atoms with Crippen LogP contribution >= 0.6 is 23.8 Å². The van der Waals surface area contributed by atoms with E-state index < -0.39 is 0 Å². The van der Waals surface area contributed by atoms with Crippen LogP contribution in [0.3, 0.4) is 0 Å². The normalized spacial score (nSPS) is 10.8. The standard InChI is InChI=1S/C26H28ClN3O2S/c1-3-20-13-19(2)14-24(15-20)31-11-12-32-25-10-9-23(27)16-22(25)18-29-30-26(33)28-17-21-7-5-4-6-8-21/h4-10,13-16,18H,3,11-12,17H2,1-2H3,(H2,28,30,33)/b29-18+. The number of ether oxygens (including phenoxy) is 2. The van der Waals surface area contributed by atoms with Crippen molar-refractivity contribution in [3.05, 3.63) is 94.0 Å². The highest BCUT2D eigenvalue weighted by Gasteiger charge is 2.05. The van der Waals surface area contributed by atoms with Gasteiger partial charge in [0, 0.05) is 17.1 Å². The van der Waals surface area contributed by atoms with E-state index in [2.05, 4.69) is 41.8 Å². The van der Waals surface area contributed by atoms with Gasteiger partial charge in [-0.05, 0) is 72.6 Å². The first-order valence-corrected chi connectivity index (χ1v) is 11.6. The third-order valence-electron chi connectivity index (χ3n) is 4.77. The zero-order chi connectivity index (χ0) is 23.5. The van der Waals surface area contributed by atoms with Gasteiger partial charge < -0.3 is 14.8 Å². The second-order valence-electron chi connectivity index (χ2n) is 7.43. The van der Waals surface area contributed by atoms with Gasteiger partial charge >= 0.3 is 0 Å². The molecular weight excluding hydrogens is 454 g/mol. The molecule has 0 aromatic heterocycles. The number of nitrogens with one attached hydrogen (secondary N) is 2. The van der Waals surface area contributed by atoms with Crippen molar-refractivity contribution in [2.24, 2.45) is 5.10 Å². The van der Waals surface area contributed by atoms with Crippen molar-refractivity contribution in [3.8, 4) is 11.5 Å². The fourth-order valence-electron chi connectivity index (χ4n) is 3.15. The average molecular weight is 482 g/mol. The van der Waals surface area contributed by atoms with Crippen LogP contribution in [-0.4, -0.2) is 24.5 Å². The van der Waals surface area contributed by atoms with E-state index in [-0.39, 0.29) is 0 Å². The van der Waals surface area contributed by atoms with Gasteiger partial charge in [0.1, 0.15) is 24.7 Å². The van der Waals surface area contributed by atoms with E-state index in [0.717, 1.165) is 23.3 Å². The van der Waals surface area contributed by atoms with Gasteiger partial charge in [0.15, 0.2) is 5.11 Å². The van der Waals surface area contributed by atoms with Gasteiger partial charge in [0.25, 0.3) is 0 Å². The average Bonchev–Trinajstić information content (AvgIpc) is 2.82. The highest BCUT2D eigenvalue weighted by Crippen LogP contribution is 2.22. The van der Waals surface area contributed by atoms with Crippen LogP contribution in [0.1, 0.15) is 29.2 Å². The van der Waals surface area contributed by atoms with Crippen molar-refractivity contribution in [1.29, 1.82) is 0 Å². The molecule has 0 spiro atoms. The van der Waals surface area contributed by atoms with E-state index in [1.54, 1.807) is 18.3 Å². The Bertz CT molecular complexity index is 1090. The Morgan fingerprint density at radius 2 is 1.79 bits per heavy atom. The molecule has 0 radical (unpaired) electrons. The monoisotopic (exact) mass is 481 g/mol. The summed E-state index contributed by atoms with van der Waals surface area (Å²) >= 11 is 11.4. The van der Waals surface area contributed by atoms with Crippen molar-refractivity contribution in [2.45, 2.75) is 26.8 Å². The molecule has 0 heterocycles. The summed E-state index contributed by atoms with van der Waals surface area (Å²) in [5.74, 6) is 1.52. The van der Waals surface area contributed by atoms with Crippen molar-refractivity contribution in [1.82, 2.24) is 10.7 Å². The topological polar surface area (TPSA) is 54.9 Å². The molecule has 0 bridgehead atoms. The molecule has 33 heavy (non-hydrogen) atoms. The molecule has 172 valence electrons. The van der Waals surface area contributed by atoms with Gasteiger partial charge in [0.2, 0.25) is 0 Å². The number of rotatable bonds is 10. The molecule has 0 amide bonds. The van der Waals surface area contributed by atoms with Gasteiger partial charge in [-0.1, -0.05) is 54.9 Å². The molecule has 3 aromatic rings. The number of thiocarbonyl (C=S) groups is 1. The lowest BCUT2D eigenvalue weighted by Crippen LogP contribution is -2.31. The summed E-state index contributed by atoms with van der Waals surface area (Å²) in [4.78, 5) is 0. The van der Waals surface area contributed by atoms with Gasteiger partial charge in [-0.25, -0.2) is 0 Å². The number of halogens is 1. The molecule has 2 N–H and O–H groups in total. The van der Waals surface area contributed by atoms with Crippen molar-refractivity contribution >= 4 is 35.1 Å². The summed E-state index contributed by atoms with van der Waals surface area (Å²) in [7, 11) is 0. The maximum atomic E-state index is 6.16. The van der Waals surface area contributed by atoms with Crippen molar-refractivity contribution in [3.63, 3.8) is 0 Å². The Kier molecular flexibility index (Phi) is 9.54. The highest BCUT2D eigenvalue weighted by molar-refractivity contribution is 7.80. The summed E-state index contributed by atoms with van der Waals surface area (Å²) in [6, 6.07) is 21.7. The molecule has 0 saturated carbocycles. The minimum Gasteiger partial charge on any atom is -0.490 e. The van der Waals surface area contributed by atoms with Crippen LogP contribution in [0.2, 0.25) is 5.02 Å². The van der Waals surface area contributed by atoms with Crippen LogP contribution in [0.4, 0.5) is 0 Å². The van der Waals surface area contributed by atoms with E-state index in [1.165, 1.54) is 11.1 Å². The molecule has 0 aliphatic rings. The largest absolute Gasteiger partial charge is 0.490 e. The third-order valence-corrected chi connectivity index (χ3v) is 5.24. The lowest BCUT2D eigenvalue weighted by molar-refractivity contribution is 0.217. The third kappa shape index (κ3) is 8.40. The highest BCUT2D eigenvalue weighted by atomic mass is 35.5. The molecule has 0 aliphatic carbocycles. The predicted molar refractivity (Wildman–Crippen MR) is 140 cm³/mol. The van der Waals surface area contributed by atoms with Crippen LogP contribution in [-0.2, 0) is 13.0 Å². The Balaban J connectivity index is 1.50. The molecule has 3 aromatic carbocycles. The fraction of sp³-hybridized carbons (Fsp3) is 0.231. The van der Waals surface area contributed by atoms with Gasteiger partial charge in [-0.2, -0.15) is 5.10 Å². The van der Waals surface area contributed by atoms with E-state index in [1.807, 2.05) is 42.5 Å². The minimum absolute atomic E-state index is 0.391. The van der Waals surface area contributed by atoms with Crippen LogP contribution in [0.15, 0.2) is 71.8 Å². The first kappa shape index (κ1) is 24.6. The molecule has 0 aliphatic heterocycles. The number of hydrazone groups is 1. The second kappa shape index (κ2) is 12.8. The summed E-state index contributed by atoms with van der Waals surface area (Å²) < 4.78 is 11.8. The fourth-order valence-corrected chi connectivity index (χ4v) is 3.46. The Morgan fingerprint density at radius 3 is 2.58 bits per heavy atom. The molecule has 0 fully saturated rings. The molecule has 0 atom stereocenters. The van der Waals surface area contributed by atoms with E-state index >= 15 is 0 Å². The van der Waals surface area contributed by atoms with E-state index in [0.29, 0.717) is 35.6 Å². The zero-order valence-corrected chi connectivity index (χ0v) is 20.4. The summed E-state index contributed by atoms with van der Waals surface area (Å²) in [5.41, 5.74) is 7.13. The van der Waals surface area contributed by atoms with Gasteiger partial charge in [-0.15, -0.1) is 0 Å². The molecule has 5 nitrogen and oxygen atoms in total. The first-order chi connectivity index (χ1) is 16.0. The smallest absolute Gasteiger partial charge is 0.187 e. The number of aryl methyl sites for hydroxylation is 2. The quantitative estimate of drug-likeness (QED) is 0.169. The minimum atomic E-state index is 0.391. The first-order valence-electron chi connectivity index (χ1n) is 10.8. The molecular formula is C26H28ClN3O2S. The molecule has 0 unspecified atom stereocenters. The Labute approximate surface area is 205 Å².